The highest BCUT2D eigenvalue weighted by atomic mass is 16.6. The van der Waals surface area contributed by atoms with Crippen LogP contribution >= 0.6 is 0 Å². The predicted molar refractivity (Wildman–Crippen MR) is 124 cm³/mol. The van der Waals surface area contributed by atoms with Gasteiger partial charge in [0.1, 0.15) is 6.61 Å². The highest BCUT2D eigenvalue weighted by molar-refractivity contribution is 5.94. The number of piperazine rings is 1. The zero-order valence-corrected chi connectivity index (χ0v) is 18.5. The first-order chi connectivity index (χ1) is 16.0. The molecule has 2 aliphatic heterocycles. The Morgan fingerprint density at radius 3 is 2.42 bits per heavy atom. The van der Waals surface area contributed by atoms with Gasteiger partial charge in [-0.2, -0.15) is 0 Å². The van der Waals surface area contributed by atoms with Crippen molar-refractivity contribution in [2.24, 2.45) is 0 Å². The molecule has 0 bridgehead atoms. The normalized spacial score (nSPS) is 20.6. The molecule has 0 aliphatic carbocycles. The first-order valence-corrected chi connectivity index (χ1v) is 11.0. The molecule has 2 aromatic carbocycles. The molecule has 2 aliphatic rings. The number of para-hydroxylation sites is 1. The number of carbonyl (C=O) groups is 3. The molecule has 9 nitrogen and oxygen atoms in total. The number of ketones is 1. The molecule has 2 heterocycles. The van der Waals surface area contributed by atoms with Crippen molar-refractivity contribution in [3.05, 3.63) is 60.2 Å². The number of nitrogens with one attached hydrogen (secondary N) is 2. The van der Waals surface area contributed by atoms with Crippen LogP contribution in [-0.4, -0.2) is 74.3 Å². The molecule has 2 N–H and O–H groups in total. The van der Waals surface area contributed by atoms with Crippen molar-refractivity contribution in [2.75, 3.05) is 49.5 Å². The number of Topliss-reactive ketones (excluding diaryl/α,β-unsaturated/α-hetero) is 1. The summed E-state index contributed by atoms with van der Waals surface area (Å²) in [6.45, 7) is 5.58. The number of benzene rings is 2. The van der Waals surface area contributed by atoms with Crippen LogP contribution in [0, 0.1) is 0 Å². The highest BCUT2D eigenvalue weighted by Crippen LogP contribution is 2.18. The monoisotopic (exact) mass is 452 g/mol. The SMILES string of the molecule is CC(=O)c1ccc(NC(=O)OC[C@@H]2OC(=O)N[C@H]2CN2CCN(c3ccccc3)CC2)cc1. The van der Waals surface area contributed by atoms with Crippen LogP contribution in [0.4, 0.5) is 21.0 Å². The summed E-state index contributed by atoms with van der Waals surface area (Å²) in [5, 5.41) is 5.43. The van der Waals surface area contributed by atoms with Crippen LogP contribution < -0.4 is 15.5 Å². The zero-order valence-electron chi connectivity index (χ0n) is 18.5. The maximum Gasteiger partial charge on any atom is 0.411 e. The maximum atomic E-state index is 12.2. The molecular formula is C24H28N4O5. The number of amides is 2. The third kappa shape index (κ3) is 6.01. The fourth-order valence-corrected chi connectivity index (χ4v) is 4.02. The second-order valence-electron chi connectivity index (χ2n) is 8.17. The molecule has 174 valence electrons. The van der Waals surface area contributed by atoms with E-state index in [2.05, 4.69) is 32.6 Å². The van der Waals surface area contributed by atoms with Gasteiger partial charge in [0.25, 0.3) is 0 Å². The lowest BCUT2D eigenvalue weighted by atomic mass is 10.1. The molecule has 2 atom stereocenters. The minimum absolute atomic E-state index is 0.0489. The van der Waals surface area contributed by atoms with E-state index in [9.17, 15) is 14.4 Å². The fraction of sp³-hybridized carbons (Fsp3) is 0.375. The average molecular weight is 453 g/mol. The second-order valence-corrected chi connectivity index (χ2v) is 8.17. The molecule has 0 radical (unpaired) electrons. The van der Waals surface area contributed by atoms with E-state index in [0.29, 0.717) is 17.8 Å². The van der Waals surface area contributed by atoms with Crippen LogP contribution in [0.25, 0.3) is 0 Å². The number of nitrogens with zero attached hydrogens (tertiary/aromatic N) is 2. The second kappa shape index (κ2) is 10.4. The summed E-state index contributed by atoms with van der Waals surface area (Å²) >= 11 is 0. The Hall–Kier alpha value is -3.59. The quantitative estimate of drug-likeness (QED) is 0.623. The van der Waals surface area contributed by atoms with E-state index in [-0.39, 0.29) is 18.4 Å². The molecule has 9 heteroatoms. The summed E-state index contributed by atoms with van der Waals surface area (Å²) in [6, 6.07) is 16.6. The average Bonchev–Trinajstić information content (AvgIpc) is 3.18. The number of rotatable bonds is 7. The van der Waals surface area contributed by atoms with Gasteiger partial charge in [-0.15, -0.1) is 0 Å². The van der Waals surface area contributed by atoms with Crippen LogP contribution in [0.1, 0.15) is 17.3 Å². The van der Waals surface area contributed by atoms with Gasteiger partial charge in [0, 0.05) is 49.7 Å². The summed E-state index contributed by atoms with van der Waals surface area (Å²) in [6.07, 6.45) is -1.71. The molecule has 2 amide bonds. The molecule has 2 saturated heterocycles. The van der Waals surface area contributed by atoms with Crippen molar-refractivity contribution < 1.29 is 23.9 Å². The van der Waals surface area contributed by atoms with Crippen LogP contribution in [-0.2, 0) is 9.47 Å². The van der Waals surface area contributed by atoms with Crippen LogP contribution in [0.15, 0.2) is 54.6 Å². The van der Waals surface area contributed by atoms with E-state index < -0.39 is 18.3 Å². The Labute approximate surface area is 192 Å². The smallest absolute Gasteiger partial charge is 0.411 e. The summed E-state index contributed by atoms with van der Waals surface area (Å²) < 4.78 is 10.6. The van der Waals surface area contributed by atoms with Crippen molar-refractivity contribution in [1.29, 1.82) is 0 Å². The third-order valence-corrected chi connectivity index (χ3v) is 5.88. The molecule has 0 aromatic heterocycles. The Morgan fingerprint density at radius 1 is 1.06 bits per heavy atom. The number of hydrogen-bond acceptors (Lipinski definition) is 7. The van der Waals surface area contributed by atoms with Gasteiger partial charge in [-0.25, -0.2) is 9.59 Å². The molecule has 0 saturated carbocycles. The van der Waals surface area contributed by atoms with Crippen LogP contribution in [0.2, 0.25) is 0 Å². The molecule has 4 rings (SSSR count). The Morgan fingerprint density at radius 2 is 1.76 bits per heavy atom. The predicted octanol–water partition coefficient (Wildman–Crippen LogP) is 2.74. The zero-order chi connectivity index (χ0) is 23.2. The number of alkyl carbamates (subject to hydrolysis) is 1. The first-order valence-electron chi connectivity index (χ1n) is 11.0. The lowest BCUT2D eigenvalue weighted by Crippen LogP contribution is -2.52. The van der Waals surface area contributed by atoms with E-state index in [0.717, 1.165) is 26.2 Å². The Kier molecular flexibility index (Phi) is 7.09. The minimum Gasteiger partial charge on any atom is -0.445 e. The van der Waals surface area contributed by atoms with E-state index in [1.54, 1.807) is 24.3 Å². The van der Waals surface area contributed by atoms with E-state index in [1.807, 2.05) is 18.2 Å². The summed E-state index contributed by atoms with van der Waals surface area (Å²) in [4.78, 5) is 39.9. The van der Waals surface area contributed by atoms with Crippen molar-refractivity contribution in [2.45, 2.75) is 19.1 Å². The van der Waals surface area contributed by atoms with Gasteiger partial charge in [-0.3, -0.25) is 15.0 Å². The van der Waals surface area contributed by atoms with Gasteiger partial charge in [0.15, 0.2) is 11.9 Å². The van der Waals surface area contributed by atoms with Gasteiger partial charge in [-0.05, 0) is 43.3 Å². The van der Waals surface area contributed by atoms with Gasteiger partial charge >= 0.3 is 12.2 Å². The van der Waals surface area contributed by atoms with E-state index >= 15 is 0 Å². The number of carbonyl (C=O) groups excluding carboxylic acids is 3. The maximum absolute atomic E-state index is 12.2. The van der Waals surface area contributed by atoms with Gasteiger partial charge in [-0.1, -0.05) is 18.2 Å². The summed E-state index contributed by atoms with van der Waals surface area (Å²) in [5.41, 5.74) is 2.28. The van der Waals surface area contributed by atoms with Crippen molar-refractivity contribution in [3.63, 3.8) is 0 Å². The Balaban J connectivity index is 1.23. The summed E-state index contributed by atoms with van der Waals surface area (Å²) in [7, 11) is 0. The van der Waals surface area contributed by atoms with E-state index in [4.69, 9.17) is 9.47 Å². The number of hydrogen-bond donors (Lipinski definition) is 2. The van der Waals surface area contributed by atoms with Gasteiger partial charge in [0.05, 0.1) is 6.04 Å². The topological polar surface area (TPSA) is 100 Å². The number of cyclic esters (lactones) is 1. The largest absolute Gasteiger partial charge is 0.445 e. The molecule has 2 aromatic rings. The van der Waals surface area contributed by atoms with E-state index in [1.165, 1.54) is 12.6 Å². The van der Waals surface area contributed by atoms with Crippen molar-refractivity contribution >= 4 is 29.3 Å². The van der Waals surface area contributed by atoms with Gasteiger partial charge in [0.2, 0.25) is 0 Å². The minimum atomic E-state index is -0.649. The fourth-order valence-electron chi connectivity index (χ4n) is 4.02. The van der Waals surface area contributed by atoms with Crippen molar-refractivity contribution in [3.8, 4) is 0 Å². The summed E-state index contributed by atoms with van der Waals surface area (Å²) in [5.74, 6) is -0.0489. The molecular weight excluding hydrogens is 424 g/mol. The molecule has 33 heavy (non-hydrogen) atoms. The number of ether oxygens (including phenoxy) is 2. The third-order valence-electron chi connectivity index (χ3n) is 5.88. The molecule has 2 fully saturated rings. The van der Waals surface area contributed by atoms with Crippen molar-refractivity contribution in [1.82, 2.24) is 10.2 Å². The number of anilines is 2. The Bertz CT molecular complexity index is 974. The van der Waals surface area contributed by atoms with Gasteiger partial charge < -0.3 is 19.7 Å². The lowest BCUT2D eigenvalue weighted by Gasteiger charge is -2.37. The highest BCUT2D eigenvalue weighted by Gasteiger charge is 2.36. The molecule has 0 spiro atoms. The van der Waals surface area contributed by atoms with Crippen LogP contribution in [0.3, 0.4) is 0 Å². The standard InChI is InChI=1S/C24H28N4O5/c1-17(29)18-7-9-19(10-8-18)25-23(30)32-16-22-21(26-24(31)33-22)15-27-11-13-28(14-12-27)20-5-3-2-4-6-20/h2-10,21-22H,11-16H2,1H3,(H,25,30)(H,26,31)/t21-,22-/m0/s1. The molecule has 0 unspecified atom stereocenters. The van der Waals surface area contributed by atoms with Crippen LogP contribution in [0.5, 0.6) is 0 Å². The lowest BCUT2D eigenvalue weighted by molar-refractivity contribution is 0.0618. The first kappa shape index (κ1) is 22.6.